The largest absolute Gasteiger partial charge is 0.393 e. The van der Waals surface area contributed by atoms with E-state index in [9.17, 15) is 5.11 Å². The lowest BCUT2D eigenvalue weighted by Gasteiger charge is -2.24. The highest BCUT2D eigenvalue weighted by molar-refractivity contribution is 5.28. The minimum Gasteiger partial charge on any atom is -0.393 e. The van der Waals surface area contributed by atoms with Gasteiger partial charge in [-0.2, -0.15) is 0 Å². The third kappa shape index (κ3) is 4.13. The Labute approximate surface area is 111 Å². The van der Waals surface area contributed by atoms with Gasteiger partial charge in [0.25, 0.3) is 0 Å². The van der Waals surface area contributed by atoms with E-state index in [1.807, 2.05) is 0 Å². The highest BCUT2D eigenvalue weighted by atomic mass is 16.3. The van der Waals surface area contributed by atoms with Gasteiger partial charge < -0.3 is 5.11 Å². The molecule has 0 aliphatic heterocycles. The van der Waals surface area contributed by atoms with Crippen LogP contribution in [0, 0.1) is 19.8 Å². The molecular formula is C17H26O. The fourth-order valence-corrected chi connectivity index (χ4v) is 3.35. The molecule has 0 saturated heterocycles. The molecule has 2 rings (SSSR count). The molecule has 1 aromatic carbocycles. The van der Waals surface area contributed by atoms with Crippen molar-refractivity contribution in [3.8, 4) is 0 Å². The van der Waals surface area contributed by atoms with Crippen LogP contribution >= 0.6 is 0 Å². The predicted molar refractivity (Wildman–Crippen MR) is 76.8 cm³/mol. The van der Waals surface area contributed by atoms with Gasteiger partial charge in [0.2, 0.25) is 0 Å². The summed E-state index contributed by atoms with van der Waals surface area (Å²) in [6.07, 6.45) is 8.42. The first kappa shape index (κ1) is 13.6. The van der Waals surface area contributed by atoms with Crippen LogP contribution in [0.15, 0.2) is 18.2 Å². The topological polar surface area (TPSA) is 20.2 Å². The maximum absolute atomic E-state index is 10.2. The zero-order valence-corrected chi connectivity index (χ0v) is 11.8. The molecule has 0 heterocycles. The van der Waals surface area contributed by atoms with Gasteiger partial charge in [-0.1, -0.05) is 61.4 Å². The summed E-state index contributed by atoms with van der Waals surface area (Å²) >= 11 is 0. The normalized spacial score (nSPS) is 18.8. The van der Waals surface area contributed by atoms with Gasteiger partial charge in [-0.3, -0.25) is 0 Å². The number of aliphatic hydroxyl groups is 1. The Morgan fingerprint density at radius 2 is 1.67 bits per heavy atom. The predicted octanol–water partition coefficient (Wildman–Crippen LogP) is 4.18. The summed E-state index contributed by atoms with van der Waals surface area (Å²) in [7, 11) is 0. The molecule has 0 aromatic heterocycles. The van der Waals surface area contributed by atoms with Crippen molar-refractivity contribution in [2.24, 2.45) is 5.92 Å². The van der Waals surface area contributed by atoms with Crippen molar-refractivity contribution in [1.82, 2.24) is 0 Å². The highest BCUT2D eigenvalue weighted by Crippen LogP contribution is 2.28. The molecule has 1 saturated carbocycles. The van der Waals surface area contributed by atoms with Crippen LogP contribution in [0.25, 0.3) is 0 Å². The summed E-state index contributed by atoms with van der Waals surface area (Å²) < 4.78 is 0. The van der Waals surface area contributed by atoms with Crippen LogP contribution in [0.2, 0.25) is 0 Å². The minimum absolute atomic E-state index is 0.158. The summed E-state index contributed by atoms with van der Waals surface area (Å²) in [6.45, 7) is 4.26. The lowest BCUT2D eigenvalue weighted by atomic mass is 9.84. The Morgan fingerprint density at radius 3 is 2.28 bits per heavy atom. The Bertz CT molecular complexity index is 357. The second-order valence-corrected chi connectivity index (χ2v) is 6.09. The summed E-state index contributed by atoms with van der Waals surface area (Å²) in [5, 5.41) is 10.2. The molecule has 1 fully saturated rings. The van der Waals surface area contributed by atoms with Gasteiger partial charge in [-0.25, -0.2) is 0 Å². The van der Waals surface area contributed by atoms with E-state index in [1.165, 1.54) is 48.8 Å². The van der Waals surface area contributed by atoms with Gasteiger partial charge in [-0.05, 0) is 38.2 Å². The van der Waals surface area contributed by atoms with Gasteiger partial charge in [0.1, 0.15) is 0 Å². The zero-order valence-electron chi connectivity index (χ0n) is 11.8. The van der Waals surface area contributed by atoms with Gasteiger partial charge in [0.15, 0.2) is 0 Å². The van der Waals surface area contributed by atoms with Crippen LogP contribution in [-0.2, 0) is 6.42 Å². The molecular weight excluding hydrogens is 220 g/mol. The molecule has 100 valence electrons. The number of rotatable bonds is 4. The molecule has 1 unspecified atom stereocenters. The van der Waals surface area contributed by atoms with Crippen LogP contribution in [0.5, 0.6) is 0 Å². The number of aliphatic hydroxyl groups excluding tert-OH is 1. The van der Waals surface area contributed by atoms with Crippen molar-refractivity contribution < 1.29 is 5.11 Å². The molecule has 0 amide bonds. The Balaban J connectivity index is 1.87. The van der Waals surface area contributed by atoms with Gasteiger partial charge in [0, 0.05) is 0 Å². The first-order valence-corrected chi connectivity index (χ1v) is 7.39. The average molecular weight is 246 g/mol. The number of aryl methyl sites for hydroxylation is 2. The molecule has 1 nitrogen and oxygen atoms in total. The summed E-state index contributed by atoms with van der Waals surface area (Å²) in [6, 6.07) is 6.60. The van der Waals surface area contributed by atoms with E-state index in [4.69, 9.17) is 0 Å². The third-order valence-corrected chi connectivity index (χ3v) is 4.08. The standard InChI is InChI=1S/C17H26O/c1-13-8-14(2)10-16(9-13)12-17(18)11-15-6-4-3-5-7-15/h8-10,15,17-18H,3-7,11-12H2,1-2H3. The van der Waals surface area contributed by atoms with E-state index in [1.54, 1.807) is 0 Å². The van der Waals surface area contributed by atoms with Gasteiger partial charge in [-0.15, -0.1) is 0 Å². The van der Waals surface area contributed by atoms with Crippen molar-refractivity contribution in [1.29, 1.82) is 0 Å². The van der Waals surface area contributed by atoms with E-state index < -0.39 is 0 Å². The van der Waals surface area contributed by atoms with E-state index in [0.29, 0.717) is 0 Å². The fourth-order valence-electron chi connectivity index (χ4n) is 3.35. The molecule has 1 heteroatoms. The first-order valence-electron chi connectivity index (χ1n) is 7.39. The van der Waals surface area contributed by atoms with Crippen LogP contribution in [0.3, 0.4) is 0 Å². The smallest absolute Gasteiger partial charge is 0.0583 e. The van der Waals surface area contributed by atoms with Crippen molar-refractivity contribution in [2.75, 3.05) is 0 Å². The van der Waals surface area contributed by atoms with Crippen molar-refractivity contribution in [2.45, 2.75) is 64.9 Å². The Morgan fingerprint density at radius 1 is 1.06 bits per heavy atom. The molecule has 0 bridgehead atoms. The lowest BCUT2D eigenvalue weighted by molar-refractivity contribution is 0.130. The Hall–Kier alpha value is -0.820. The third-order valence-electron chi connectivity index (χ3n) is 4.08. The molecule has 0 radical (unpaired) electrons. The molecule has 18 heavy (non-hydrogen) atoms. The van der Waals surface area contributed by atoms with Crippen molar-refractivity contribution in [3.05, 3.63) is 34.9 Å². The van der Waals surface area contributed by atoms with Crippen LogP contribution in [-0.4, -0.2) is 11.2 Å². The lowest BCUT2D eigenvalue weighted by Crippen LogP contribution is -2.18. The summed E-state index contributed by atoms with van der Waals surface area (Å²) in [4.78, 5) is 0. The summed E-state index contributed by atoms with van der Waals surface area (Å²) in [5.74, 6) is 0.764. The van der Waals surface area contributed by atoms with E-state index in [-0.39, 0.29) is 6.10 Å². The van der Waals surface area contributed by atoms with Crippen LogP contribution in [0.1, 0.15) is 55.2 Å². The average Bonchev–Trinajstić information content (AvgIpc) is 2.28. The summed E-state index contributed by atoms with van der Waals surface area (Å²) in [5.41, 5.74) is 3.89. The maximum atomic E-state index is 10.2. The van der Waals surface area contributed by atoms with Crippen LogP contribution < -0.4 is 0 Å². The monoisotopic (exact) mass is 246 g/mol. The van der Waals surface area contributed by atoms with Crippen molar-refractivity contribution in [3.63, 3.8) is 0 Å². The van der Waals surface area contributed by atoms with Crippen LogP contribution in [0.4, 0.5) is 0 Å². The molecule has 1 N–H and O–H groups in total. The quantitative estimate of drug-likeness (QED) is 0.845. The van der Waals surface area contributed by atoms with E-state index >= 15 is 0 Å². The number of hydrogen-bond acceptors (Lipinski definition) is 1. The molecule has 1 atom stereocenters. The van der Waals surface area contributed by atoms with E-state index in [2.05, 4.69) is 32.0 Å². The van der Waals surface area contributed by atoms with E-state index in [0.717, 1.165) is 18.8 Å². The Kier molecular flexibility index (Phi) is 4.82. The molecule has 0 spiro atoms. The van der Waals surface area contributed by atoms with Gasteiger partial charge in [0.05, 0.1) is 6.10 Å². The SMILES string of the molecule is Cc1cc(C)cc(CC(O)CC2CCCCC2)c1. The van der Waals surface area contributed by atoms with Gasteiger partial charge >= 0.3 is 0 Å². The molecule has 1 aromatic rings. The first-order chi connectivity index (χ1) is 8.63. The van der Waals surface area contributed by atoms with Crippen molar-refractivity contribution >= 4 is 0 Å². The number of benzene rings is 1. The highest BCUT2D eigenvalue weighted by Gasteiger charge is 2.17. The fraction of sp³-hybridized carbons (Fsp3) is 0.647. The maximum Gasteiger partial charge on any atom is 0.0583 e. The zero-order chi connectivity index (χ0) is 13.0. The second-order valence-electron chi connectivity index (χ2n) is 6.09. The number of hydrogen-bond donors (Lipinski definition) is 1. The minimum atomic E-state index is -0.158. The molecule has 1 aliphatic carbocycles. The second kappa shape index (κ2) is 6.38. The molecule has 1 aliphatic rings.